The molecule has 22 heavy (non-hydrogen) atoms. The van der Waals surface area contributed by atoms with E-state index in [1.54, 1.807) is 25.4 Å². The number of carboxylic acid groups (broad SMARTS) is 1. The molecule has 1 spiro atoms. The van der Waals surface area contributed by atoms with Gasteiger partial charge in [0.2, 0.25) is 0 Å². The Balaban J connectivity index is 1.85. The number of aliphatic hydroxyl groups excluding tert-OH is 1. The first-order chi connectivity index (χ1) is 10.5. The molecule has 2 fully saturated rings. The Morgan fingerprint density at radius 2 is 2.09 bits per heavy atom. The summed E-state index contributed by atoms with van der Waals surface area (Å²) in [5.74, 6) is 0.0892. The predicted molar refractivity (Wildman–Crippen MR) is 74.9 cm³/mol. The maximum Gasteiger partial charge on any atom is 0.408 e. The minimum absolute atomic E-state index is 0.270. The van der Waals surface area contributed by atoms with Gasteiger partial charge in [0.15, 0.2) is 5.82 Å². The van der Waals surface area contributed by atoms with Gasteiger partial charge in [0.25, 0.3) is 5.91 Å². The van der Waals surface area contributed by atoms with Crippen molar-refractivity contribution in [2.45, 2.75) is 37.5 Å². The SMILES string of the molecule is CC(O)C(c1ncccn1)N1CC2(CCCN2C(=O)O)C1=O. The van der Waals surface area contributed by atoms with Gasteiger partial charge in [0.1, 0.15) is 11.6 Å². The number of hydrogen-bond donors (Lipinski definition) is 2. The van der Waals surface area contributed by atoms with Crippen LogP contribution in [0.15, 0.2) is 18.5 Å². The van der Waals surface area contributed by atoms with Gasteiger partial charge in [0.05, 0.1) is 12.6 Å². The lowest BCUT2D eigenvalue weighted by Gasteiger charge is -2.53. The summed E-state index contributed by atoms with van der Waals surface area (Å²) in [7, 11) is 0. The van der Waals surface area contributed by atoms with E-state index in [2.05, 4.69) is 9.97 Å². The van der Waals surface area contributed by atoms with E-state index in [9.17, 15) is 19.8 Å². The second kappa shape index (κ2) is 5.20. The van der Waals surface area contributed by atoms with Crippen LogP contribution in [-0.2, 0) is 4.79 Å². The molecule has 3 heterocycles. The van der Waals surface area contributed by atoms with Crippen molar-refractivity contribution >= 4 is 12.0 Å². The molecule has 1 aromatic rings. The van der Waals surface area contributed by atoms with Crippen LogP contribution in [0.1, 0.15) is 31.6 Å². The molecular formula is C14H18N4O4. The number of rotatable bonds is 3. The summed E-state index contributed by atoms with van der Waals surface area (Å²) in [6, 6.07) is 1.00. The van der Waals surface area contributed by atoms with Gasteiger partial charge in [-0.1, -0.05) is 0 Å². The molecule has 118 valence electrons. The van der Waals surface area contributed by atoms with E-state index in [1.165, 1.54) is 9.80 Å². The quantitative estimate of drug-likeness (QED) is 0.775. The van der Waals surface area contributed by atoms with Gasteiger partial charge >= 0.3 is 6.09 Å². The number of nitrogens with zero attached hydrogens (tertiary/aromatic N) is 4. The first-order valence-corrected chi connectivity index (χ1v) is 7.24. The average Bonchev–Trinajstić information content (AvgIpc) is 2.94. The van der Waals surface area contributed by atoms with Crippen LogP contribution in [-0.4, -0.2) is 66.7 Å². The third kappa shape index (κ3) is 2.02. The summed E-state index contributed by atoms with van der Waals surface area (Å²) < 4.78 is 0. The number of aromatic nitrogens is 2. The van der Waals surface area contributed by atoms with Gasteiger partial charge in [0, 0.05) is 18.9 Å². The number of carbonyl (C=O) groups excluding carboxylic acids is 1. The molecule has 3 unspecified atom stereocenters. The van der Waals surface area contributed by atoms with Crippen molar-refractivity contribution in [1.29, 1.82) is 0 Å². The van der Waals surface area contributed by atoms with Crippen molar-refractivity contribution in [3.63, 3.8) is 0 Å². The summed E-state index contributed by atoms with van der Waals surface area (Å²) in [4.78, 5) is 34.9. The number of aliphatic hydroxyl groups is 1. The molecule has 1 aromatic heterocycles. The first-order valence-electron chi connectivity index (χ1n) is 7.24. The molecule has 8 heteroatoms. The van der Waals surface area contributed by atoms with E-state index in [0.717, 1.165) is 0 Å². The van der Waals surface area contributed by atoms with Crippen LogP contribution >= 0.6 is 0 Å². The average molecular weight is 306 g/mol. The van der Waals surface area contributed by atoms with Crippen LogP contribution in [0.25, 0.3) is 0 Å². The van der Waals surface area contributed by atoms with Crippen molar-refractivity contribution in [3.05, 3.63) is 24.3 Å². The molecule has 3 atom stereocenters. The number of amides is 2. The minimum Gasteiger partial charge on any atom is -0.465 e. The zero-order chi connectivity index (χ0) is 15.9. The predicted octanol–water partition coefficient (Wildman–Crippen LogP) is 0.253. The maximum atomic E-state index is 12.7. The summed E-state index contributed by atoms with van der Waals surface area (Å²) in [5, 5.41) is 19.3. The zero-order valence-corrected chi connectivity index (χ0v) is 12.2. The van der Waals surface area contributed by atoms with E-state index < -0.39 is 23.8 Å². The first kappa shape index (κ1) is 14.7. The van der Waals surface area contributed by atoms with Crippen LogP contribution < -0.4 is 0 Å². The molecule has 3 rings (SSSR count). The van der Waals surface area contributed by atoms with E-state index in [0.29, 0.717) is 25.2 Å². The second-order valence-corrected chi connectivity index (χ2v) is 5.79. The van der Waals surface area contributed by atoms with E-state index in [-0.39, 0.29) is 12.5 Å². The zero-order valence-electron chi connectivity index (χ0n) is 12.2. The fourth-order valence-electron chi connectivity index (χ4n) is 3.44. The molecular weight excluding hydrogens is 288 g/mol. The van der Waals surface area contributed by atoms with Crippen molar-refractivity contribution < 1.29 is 19.8 Å². The van der Waals surface area contributed by atoms with Gasteiger partial charge in [-0.25, -0.2) is 14.8 Å². The fourth-order valence-corrected chi connectivity index (χ4v) is 3.44. The fraction of sp³-hybridized carbons (Fsp3) is 0.571. The third-order valence-corrected chi connectivity index (χ3v) is 4.45. The molecule has 2 saturated heterocycles. The lowest BCUT2D eigenvalue weighted by Crippen LogP contribution is -2.73. The molecule has 2 aliphatic heterocycles. The summed E-state index contributed by atoms with van der Waals surface area (Å²) in [6.45, 7) is 2.21. The Morgan fingerprint density at radius 1 is 1.41 bits per heavy atom. The minimum atomic E-state index is -1.07. The standard InChI is InChI=1S/C14H18N4O4/c1-9(19)10(11-15-5-3-6-16-11)17-8-14(12(17)20)4-2-7-18(14)13(21)22/h3,5-6,9-10,19H,2,4,7-8H2,1H3,(H,21,22). The highest BCUT2D eigenvalue weighted by atomic mass is 16.4. The van der Waals surface area contributed by atoms with Crippen LogP contribution in [0.5, 0.6) is 0 Å². The molecule has 2 aliphatic rings. The summed E-state index contributed by atoms with van der Waals surface area (Å²) in [6.07, 6.45) is 2.39. The normalized spacial score (nSPS) is 26.9. The Bertz CT molecular complexity index is 594. The Hall–Kier alpha value is -2.22. The van der Waals surface area contributed by atoms with Gasteiger partial charge < -0.3 is 15.1 Å². The van der Waals surface area contributed by atoms with Gasteiger partial charge in [-0.05, 0) is 25.8 Å². The molecule has 0 bridgehead atoms. The van der Waals surface area contributed by atoms with Gasteiger partial charge in [-0.2, -0.15) is 0 Å². The number of hydrogen-bond acceptors (Lipinski definition) is 5. The van der Waals surface area contributed by atoms with E-state index in [4.69, 9.17) is 0 Å². The highest BCUT2D eigenvalue weighted by molar-refractivity contribution is 5.96. The molecule has 2 amide bonds. The topological polar surface area (TPSA) is 107 Å². The van der Waals surface area contributed by atoms with Crippen LogP contribution in [0.3, 0.4) is 0 Å². The Labute approximate surface area is 127 Å². The van der Waals surface area contributed by atoms with Crippen LogP contribution in [0.4, 0.5) is 4.79 Å². The smallest absolute Gasteiger partial charge is 0.408 e. The molecule has 2 N–H and O–H groups in total. The molecule has 0 saturated carbocycles. The number of carbonyl (C=O) groups is 2. The Kier molecular flexibility index (Phi) is 3.48. The summed E-state index contributed by atoms with van der Waals surface area (Å²) in [5.41, 5.74) is -0.965. The molecule has 0 aromatic carbocycles. The molecule has 0 radical (unpaired) electrons. The number of likely N-dealkylation sites (tertiary alicyclic amines) is 2. The number of β-lactam (4-membered cyclic amide) rings is 1. The molecule has 8 nitrogen and oxygen atoms in total. The van der Waals surface area contributed by atoms with Crippen molar-refractivity contribution in [2.24, 2.45) is 0 Å². The maximum absolute atomic E-state index is 12.7. The van der Waals surface area contributed by atoms with Crippen molar-refractivity contribution in [3.8, 4) is 0 Å². The van der Waals surface area contributed by atoms with Crippen LogP contribution in [0, 0.1) is 0 Å². The van der Waals surface area contributed by atoms with Crippen LogP contribution in [0.2, 0.25) is 0 Å². The van der Waals surface area contributed by atoms with Crippen molar-refractivity contribution in [1.82, 2.24) is 19.8 Å². The van der Waals surface area contributed by atoms with Gasteiger partial charge in [-0.15, -0.1) is 0 Å². The Morgan fingerprint density at radius 3 is 2.64 bits per heavy atom. The van der Waals surface area contributed by atoms with E-state index >= 15 is 0 Å². The monoisotopic (exact) mass is 306 g/mol. The highest BCUT2D eigenvalue weighted by Gasteiger charge is 2.62. The second-order valence-electron chi connectivity index (χ2n) is 5.79. The molecule has 0 aliphatic carbocycles. The largest absolute Gasteiger partial charge is 0.465 e. The summed E-state index contributed by atoms with van der Waals surface area (Å²) >= 11 is 0. The van der Waals surface area contributed by atoms with Gasteiger partial charge in [-0.3, -0.25) is 9.69 Å². The third-order valence-electron chi connectivity index (χ3n) is 4.45. The lowest BCUT2D eigenvalue weighted by atomic mass is 9.83. The van der Waals surface area contributed by atoms with E-state index in [1.807, 2.05) is 0 Å². The van der Waals surface area contributed by atoms with Crippen molar-refractivity contribution in [2.75, 3.05) is 13.1 Å². The lowest BCUT2D eigenvalue weighted by molar-refractivity contribution is -0.168. The highest BCUT2D eigenvalue weighted by Crippen LogP contribution is 2.43.